The van der Waals surface area contributed by atoms with Crippen LogP contribution in [0.15, 0.2) is 72.8 Å². The van der Waals surface area contributed by atoms with Crippen molar-refractivity contribution in [3.05, 3.63) is 83.9 Å². The summed E-state index contributed by atoms with van der Waals surface area (Å²) in [6.07, 6.45) is 0. The molecule has 6 heteroatoms. The number of carbonyl (C=O) groups excluding carboxylic acids is 1. The Bertz CT molecular complexity index is 1250. The van der Waals surface area contributed by atoms with E-state index in [-0.39, 0.29) is 5.91 Å². The van der Waals surface area contributed by atoms with Gasteiger partial charge in [-0.25, -0.2) is 4.98 Å². The third-order valence-corrected chi connectivity index (χ3v) is 5.26. The Morgan fingerprint density at radius 2 is 1.56 bits per heavy atom. The minimum Gasteiger partial charge on any atom is -0.497 e. The number of nitrogens with one attached hydrogen (secondary N) is 1. The van der Waals surface area contributed by atoms with Gasteiger partial charge in [-0.05, 0) is 42.0 Å². The Balaban J connectivity index is 1.70. The molecule has 1 heterocycles. The highest BCUT2D eigenvalue weighted by atomic mass is 16.5. The molecule has 0 aliphatic rings. The molecule has 1 aromatic heterocycles. The Kier molecular flexibility index (Phi) is 6.22. The van der Waals surface area contributed by atoms with Crippen LogP contribution >= 0.6 is 0 Å². The maximum atomic E-state index is 13.2. The molecule has 3 aromatic carbocycles. The number of carbonyl (C=O) groups is 1. The normalized spacial score (nSPS) is 10.6. The van der Waals surface area contributed by atoms with Crippen molar-refractivity contribution in [2.24, 2.45) is 0 Å². The predicted molar refractivity (Wildman–Crippen MR) is 124 cm³/mol. The summed E-state index contributed by atoms with van der Waals surface area (Å²) >= 11 is 0. The Morgan fingerprint density at radius 3 is 2.28 bits per heavy atom. The second-order valence-electron chi connectivity index (χ2n) is 7.17. The van der Waals surface area contributed by atoms with E-state index in [0.717, 1.165) is 27.8 Å². The summed E-state index contributed by atoms with van der Waals surface area (Å²) in [5.74, 6) is 1.91. The monoisotopic (exact) mass is 428 g/mol. The van der Waals surface area contributed by atoms with Gasteiger partial charge in [-0.2, -0.15) is 0 Å². The van der Waals surface area contributed by atoms with Crippen molar-refractivity contribution in [2.75, 3.05) is 21.3 Å². The van der Waals surface area contributed by atoms with Gasteiger partial charge in [0.15, 0.2) is 0 Å². The van der Waals surface area contributed by atoms with Crippen LogP contribution in [-0.4, -0.2) is 32.2 Å². The molecule has 4 aromatic rings. The lowest BCUT2D eigenvalue weighted by molar-refractivity contribution is 0.0952. The van der Waals surface area contributed by atoms with Crippen LogP contribution in [0.4, 0.5) is 0 Å². The summed E-state index contributed by atoms with van der Waals surface area (Å²) in [7, 11) is 4.83. The molecule has 4 rings (SSSR count). The molecule has 0 spiro atoms. The standard InChI is InChI=1S/C26H24N2O4/c1-30-18-10-8-17(9-11-18)16-27-26(29)22-15-24(28-23-7-5-4-6-20(22)23)21-13-12-19(31-2)14-25(21)32-3/h4-15H,16H2,1-3H3,(H,27,29). The van der Waals surface area contributed by atoms with E-state index in [1.165, 1.54) is 0 Å². The van der Waals surface area contributed by atoms with E-state index in [0.29, 0.717) is 29.3 Å². The van der Waals surface area contributed by atoms with Crippen LogP contribution in [0.3, 0.4) is 0 Å². The van der Waals surface area contributed by atoms with E-state index in [1.807, 2.05) is 60.7 Å². The van der Waals surface area contributed by atoms with Gasteiger partial charge in [0.1, 0.15) is 17.2 Å². The number of aromatic nitrogens is 1. The molecular weight excluding hydrogens is 404 g/mol. The van der Waals surface area contributed by atoms with Gasteiger partial charge in [-0.1, -0.05) is 30.3 Å². The Hall–Kier alpha value is -4.06. The zero-order valence-electron chi connectivity index (χ0n) is 18.2. The summed E-state index contributed by atoms with van der Waals surface area (Å²) in [5.41, 5.74) is 3.70. The lowest BCUT2D eigenvalue weighted by Gasteiger charge is -2.13. The fraction of sp³-hybridized carbons (Fsp3) is 0.154. The summed E-state index contributed by atoms with van der Waals surface area (Å²) in [4.78, 5) is 18.0. The topological polar surface area (TPSA) is 69.7 Å². The molecule has 0 aliphatic heterocycles. The summed E-state index contributed by atoms with van der Waals surface area (Å²) < 4.78 is 16.0. The first kappa shape index (κ1) is 21.2. The van der Waals surface area contributed by atoms with Crippen molar-refractivity contribution >= 4 is 16.8 Å². The molecule has 0 radical (unpaired) electrons. The molecule has 162 valence electrons. The number of rotatable bonds is 7. The zero-order valence-corrected chi connectivity index (χ0v) is 18.2. The molecule has 32 heavy (non-hydrogen) atoms. The van der Waals surface area contributed by atoms with E-state index >= 15 is 0 Å². The molecule has 1 N–H and O–H groups in total. The van der Waals surface area contributed by atoms with Gasteiger partial charge in [0, 0.05) is 23.6 Å². The molecule has 0 saturated carbocycles. The molecule has 0 atom stereocenters. The van der Waals surface area contributed by atoms with E-state index in [2.05, 4.69) is 5.32 Å². The number of fused-ring (bicyclic) bond motifs is 1. The number of amides is 1. The predicted octanol–water partition coefficient (Wildman–Crippen LogP) is 4.86. The largest absolute Gasteiger partial charge is 0.497 e. The number of pyridine rings is 1. The number of methoxy groups -OCH3 is 3. The summed E-state index contributed by atoms with van der Waals surface area (Å²) in [5, 5.41) is 3.80. The Labute approximate surface area is 186 Å². The van der Waals surface area contributed by atoms with Gasteiger partial charge in [-0.15, -0.1) is 0 Å². The number of hydrogen-bond donors (Lipinski definition) is 1. The maximum absolute atomic E-state index is 13.2. The number of para-hydroxylation sites is 1. The van der Waals surface area contributed by atoms with Crippen molar-refractivity contribution < 1.29 is 19.0 Å². The SMILES string of the molecule is COc1ccc(CNC(=O)c2cc(-c3ccc(OC)cc3OC)nc3ccccc23)cc1. The van der Waals surface area contributed by atoms with Gasteiger partial charge in [0.25, 0.3) is 5.91 Å². The average molecular weight is 428 g/mol. The fourth-order valence-electron chi connectivity index (χ4n) is 3.53. The third-order valence-electron chi connectivity index (χ3n) is 5.26. The third kappa shape index (κ3) is 4.34. The molecule has 1 amide bonds. The van der Waals surface area contributed by atoms with Crippen LogP contribution in [0, 0.1) is 0 Å². The van der Waals surface area contributed by atoms with Crippen molar-refractivity contribution in [1.29, 1.82) is 0 Å². The molecule has 0 fully saturated rings. The van der Waals surface area contributed by atoms with Crippen LogP contribution in [0.25, 0.3) is 22.2 Å². The average Bonchev–Trinajstić information content (AvgIpc) is 2.86. The Morgan fingerprint density at radius 1 is 0.844 bits per heavy atom. The minimum atomic E-state index is -0.173. The smallest absolute Gasteiger partial charge is 0.252 e. The fourth-order valence-corrected chi connectivity index (χ4v) is 3.53. The lowest BCUT2D eigenvalue weighted by Crippen LogP contribution is -2.23. The number of benzene rings is 3. The van der Waals surface area contributed by atoms with Crippen molar-refractivity contribution in [3.63, 3.8) is 0 Å². The number of hydrogen-bond acceptors (Lipinski definition) is 5. The van der Waals surface area contributed by atoms with Crippen molar-refractivity contribution in [3.8, 4) is 28.5 Å². The van der Waals surface area contributed by atoms with Gasteiger partial charge in [0.2, 0.25) is 0 Å². The molecule has 6 nitrogen and oxygen atoms in total. The van der Waals surface area contributed by atoms with Gasteiger partial charge in [0.05, 0.1) is 38.1 Å². The lowest BCUT2D eigenvalue weighted by atomic mass is 10.0. The molecule has 0 bridgehead atoms. The first-order chi connectivity index (χ1) is 15.6. The van der Waals surface area contributed by atoms with Crippen molar-refractivity contribution in [2.45, 2.75) is 6.54 Å². The minimum absolute atomic E-state index is 0.173. The molecule has 0 aliphatic carbocycles. The highest BCUT2D eigenvalue weighted by Crippen LogP contribution is 2.34. The van der Waals surface area contributed by atoms with E-state index in [1.54, 1.807) is 33.5 Å². The maximum Gasteiger partial charge on any atom is 0.252 e. The zero-order chi connectivity index (χ0) is 22.5. The van der Waals surface area contributed by atoms with Gasteiger partial charge in [-0.3, -0.25) is 4.79 Å². The highest BCUT2D eigenvalue weighted by Gasteiger charge is 2.16. The van der Waals surface area contributed by atoms with Crippen LogP contribution < -0.4 is 19.5 Å². The van der Waals surface area contributed by atoms with Crippen LogP contribution in [0.2, 0.25) is 0 Å². The van der Waals surface area contributed by atoms with Gasteiger partial charge < -0.3 is 19.5 Å². The second kappa shape index (κ2) is 9.39. The van der Waals surface area contributed by atoms with E-state index in [9.17, 15) is 4.79 Å². The van der Waals surface area contributed by atoms with Crippen LogP contribution in [-0.2, 0) is 6.54 Å². The first-order valence-electron chi connectivity index (χ1n) is 10.2. The molecule has 0 saturated heterocycles. The van der Waals surface area contributed by atoms with Crippen LogP contribution in [0.1, 0.15) is 15.9 Å². The van der Waals surface area contributed by atoms with Crippen LogP contribution in [0.5, 0.6) is 17.2 Å². The summed E-state index contributed by atoms with van der Waals surface area (Å²) in [6.45, 7) is 0.403. The molecule has 0 unspecified atom stereocenters. The molecular formula is C26H24N2O4. The van der Waals surface area contributed by atoms with E-state index in [4.69, 9.17) is 19.2 Å². The quantitative estimate of drug-likeness (QED) is 0.455. The number of ether oxygens (including phenoxy) is 3. The first-order valence-corrected chi connectivity index (χ1v) is 10.2. The van der Waals surface area contributed by atoms with Crippen molar-refractivity contribution in [1.82, 2.24) is 10.3 Å². The van der Waals surface area contributed by atoms with Gasteiger partial charge >= 0.3 is 0 Å². The summed E-state index contributed by atoms with van der Waals surface area (Å²) in [6, 6.07) is 22.5. The van der Waals surface area contributed by atoms with E-state index < -0.39 is 0 Å². The highest BCUT2D eigenvalue weighted by molar-refractivity contribution is 6.07. The second-order valence-corrected chi connectivity index (χ2v) is 7.17. The number of nitrogens with zero attached hydrogens (tertiary/aromatic N) is 1.